The number of carbonyl (C=O) groups is 2. The molecule has 7 rings (SSSR count). The lowest BCUT2D eigenvalue weighted by Gasteiger charge is -2.41. The predicted molar refractivity (Wildman–Crippen MR) is 199 cm³/mol. The lowest BCUT2D eigenvalue weighted by Crippen LogP contribution is -2.50. The largest absolute Gasteiger partial charge is 0.508 e. The quantitative estimate of drug-likeness (QED) is 0.131. The number of nitrogens with one attached hydrogen (secondary N) is 1. The van der Waals surface area contributed by atoms with Crippen LogP contribution >= 0.6 is 11.8 Å². The van der Waals surface area contributed by atoms with Crippen molar-refractivity contribution in [2.45, 2.75) is 68.8 Å². The number of carbonyl (C=O) groups excluding carboxylic acids is 2. The zero-order valence-electron chi connectivity index (χ0n) is 30.2. The van der Waals surface area contributed by atoms with Gasteiger partial charge in [0.25, 0.3) is 0 Å². The molecule has 2 fully saturated rings. The highest BCUT2D eigenvalue weighted by atomic mass is 32.2. The summed E-state index contributed by atoms with van der Waals surface area (Å²) in [6.45, 7) is 1.97. The second-order valence-electron chi connectivity index (χ2n) is 13.7. The van der Waals surface area contributed by atoms with Crippen molar-refractivity contribution in [1.82, 2.24) is 30.4 Å². The molecule has 2 saturated heterocycles. The second-order valence-corrected chi connectivity index (χ2v) is 14.7. The number of benzene rings is 4. The van der Waals surface area contributed by atoms with Crippen molar-refractivity contribution in [3.63, 3.8) is 0 Å². The highest BCUT2D eigenvalue weighted by Crippen LogP contribution is 2.43. The van der Waals surface area contributed by atoms with Crippen LogP contribution < -0.4 is 5.32 Å². The van der Waals surface area contributed by atoms with E-state index in [0.717, 1.165) is 33.4 Å². The highest BCUT2D eigenvalue weighted by molar-refractivity contribution is 7.99. The van der Waals surface area contributed by atoms with Gasteiger partial charge in [-0.2, -0.15) is 17.9 Å². The van der Waals surface area contributed by atoms with Gasteiger partial charge in [0, 0.05) is 30.3 Å². The fourth-order valence-corrected chi connectivity index (χ4v) is 7.99. The van der Waals surface area contributed by atoms with Gasteiger partial charge in [0.1, 0.15) is 11.8 Å². The summed E-state index contributed by atoms with van der Waals surface area (Å²) in [5.74, 6) is -2.06. The summed E-state index contributed by atoms with van der Waals surface area (Å²) in [7, 11) is 0. The summed E-state index contributed by atoms with van der Waals surface area (Å²) in [4.78, 5) is 25.3. The van der Waals surface area contributed by atoms with Crippen LogP contribution in [0.5, 0.6) is 5.75 Å². The van der Waals surface area contributed by atoms with Crippen molar-refractivity contribution >= 4 is 23.6 Å². The average Bonchev–Trinajstić information content (AvgIpc) is 3.90. The van der Waals surface area contributed by atoms with Crippen LogP contribution in [0, 0.1) is 5.92 Å². The number of phenols is 1. The van der Waals surface area contributed by atoms with Gasteiger partial charge in [0.2, 0.25) is 11.1 Å². The van der Waals surface area contributed by atoms with E-state index in [9.17, 15) is 33.0 Å². The van der Waals surface area contributed by atoms with Crippen LogP contribution in [0.2, 0.25) is 0 Å². The molecule has 2 aliphatic heterocycles. The molecule has 5 aromatic rings. The number of amides is 2. The Labute approximate surface area is 324 Å². The first-order valence-electron chi connectivity index (χ1n) is 18.0. The van der Waals surface area contributed by atoms with Crippen molar-refractivity contribution in [3.05, 3.63) is 119 Å². The van der Waals surface area contributed by atoms with E-state index >= 15 is 0 Å². The van der Waals surface area contributed by atoms with Crippen LogP contribution in [-0.4, -0.2) is 77.8 Å². The number of nitrogens with zero attached hydrogens (tertiary/aromatic N) is 5. The van der Waals surface area contributed by atoms with Crippen LogP contribution in [0.1, 0.15) is 54.4 Å². The first-order valence-corrected chi connectivity index (χ1v) is 19.0. The Morgan fingerprint density at radius 3 is 2.38 bits per heavy atom. The Morgan fingerprint density at radius 1 is 0.929 bits per heavy atom. The zero-order chi connectivity index (χ0) is 39.4. The van der Waals surface area contributed by atoms with Crippen LogP contribution in [0.4, 0.5) is 13.2 Å². The van der Waals surface area contributed by atoms with Gasteiger partial charge in [0.15, 0.2) is 6.29 Å². The van der Waals surface area contributed by atoms with E-state index in [1.807, 2.05) is 72.8 Å². The number of aliphatic hydroxyl groups excluding tert-OH is 1. The maximum Gasteiger partial charge on any atom is 0.471 e. The molecule has 5 atom stereocenters. The Balaban J connectivity index is 1.05. The van der Waals surface area contributed by atoms with E-state index < -0.39 is 30.3 Å². The van der Waals surface area contributed by atoms with Crippen LogP contribution in [0.15, 0.2) is 102 Å². The minimum atomic E-state index is -5.03. The maximum atomic E-state index is 13.1. The first-order chi connectivity index (χ1) is 27.0. The number of ether oxygens (including phenoxy) is 2. The standard InChI is InChI=1S/C40H39F3N6O6S/c1-24-34(23-56-39-45-46-47-49(39)31-15-17-32(51)18-16-31)54-37(55-35(24)28-9-7-25(22-50)8-10-28)29-13-11-27(12-14-29)30-5-2-4-26(20-30)21-44-36(52)33-6-3-19-48(33)38(53)40(41,42)43/h2,4-5,7-18,20,24,33-35,37,50-51H,3,6,19,21-23H2,1H3,(H,44,52)/t24-,33+,34+,35+,37+/m1/s1. The molecule has 0 radical (unpaired) electrons. The van der Waals surface area contributed by atoms with Crippen molar-refractivity contribution in [2.24, 2.45) is 5.92 Å². The van der Waals surface area contributed by atoms with E-state index in [0.29, 0.717) is 27.9 Å². The molecule has 2 aliphatic rings. The number of aromatic hydroxyl groups is 1. The third kappa shape index (κ3) is 8.73. The molecule has 12 nitrogen and oxygen atoms in total. The lowest BCUT2D eigenvalue weighted by molar-refractivity contribution is -0.268. The van der Waals surface area contributed by atoms with E-state index in [4.69, 9.17) is 9.47 Å². The molecule has 3 N–H and O–H groups in total. The molecule has 56 heavy (non-hydrogen) atoms. The third-order valence-electron chi connectivity index (χ3n) is 10.0. The van der Waals surface area contributed by atoms with Crippen LogP contribution in [0.3, 0.4) is 0 Å². The van der Waals surface area contributed by atoms with Gasteiger partial charge in [-0.1, -0.05) is 85.4 Å². The number of thioether (sulfide) groups is 1. The van der Waals surface area contributed by atoms with E-state index in [2.05, 4.69) is 27.8 Å². The van der Waals surface area contributed by atoms with Crippen LogP contribution in [-0.2, 0) is 32.2 Å². The Hall–Kier alpha value is -5.29. The molecule has 0 bridgehead atoms. The Kier molecular flexibility index (Phi) is 11.7. The van der Waals surface area contributed by atoms with Crippen molar-refractivity contribution < 1.29 is 42.4 Å². The smallest absolute Gasteiger partial charge is 0.471 e. The molecule has 0 aliphatic carbocycles. The zero-order valence-corrected chi connectivity index (χ0v) is 31.0. The number of hydrogen-bond acceptors (Lipinski definition) is 10. The number of rotatable bonds is 11. The minimum Gasteiger partial charge on any atom is -0.508 e. The molecule has 2 amide bonds. The number of likely N-dealkylation sites (tertiary alicyclic amines) is 1. The number of aliphatic hydroxyl groups is 1. The first kappa shape index (κ1) is 39.0. The van der Waals surface area contributed by atoms with Crippen molar-refractivity contribution in [2.75, 3.05) is 12.3 Å². The number of alkyl halides is 3. The van der Waals surface area contributed by atoms with Crippen molar-refractivity contribution in [3.8, 4) is 22.6 Å². The minimum absolute atomic E-state index is 0.0707. The SMILES string of the molecule is C[C@@H]1[C@H](CSc2nnnn2-c2ccc(O)cc2)O[C@H](c2ccc(-c3cccc(CNC(=O)[C@@H]4CCCN4C(=O)C(F)(F)F)c3)cc2)O[C@@H]1c1ccc(CO)cc1. The molecule has 16 heteroatoms. The monoisotopic (exact) mass is 788 g/mol. The number of aromatic nitrogens is 4. The molecule has 292 valence electrons. The summed E-state index contributed by atoms with van der Waals surface area (Å²) in [5, 5.41) is 34.8. The third-order valence-corrected chi connectivity index (χ3v) is 11.0. The topological polar surface area (TPSA) is 152 Å². The van der Waals surface area contributed by atoms with E-state index in [1.54, 1.807) is 28.9 Å². The summed E-state index contributed by atoms with van der Waals surface area (Å²) >= 11 is 1.44. The lowest BCUT2D eigenvalue weighted by atomic mass is 9.91. The predicted octanol–water partition coefficient (Wildman–Crippen LogP) is 6.28. The van der Waals surface area contributed by atoms with Gasteiger partial charge in [-0.05, 0) is 81.4 Å². The van der Waals surface area contributed by atoms with Gasteiger partial charge in [-0.3, -0.25) is 9.59 Å². The van der Waals surface area contributed by atoms with E-state index in [1.165, 1.54) is 11.8 Å². The molecule has 3 heterocycles. The summed E-state index contributed by atoms with van der Waals surface area (Å²) < 4.78 is 54.0. The molecule has 0 unspecified atom stereocenters. The fourth-order valence-electron chi connectivity index (χ4n) is 6.94. The molecule has 4 aromatic carbocycles. The summed E-state index contributed by atoms with van der Waals surface area (Å²) in [6.07, 6.45) is -5.89. The normalized spacial score (nSPS) is 21.2. The molecule has 0 saturated carbocycles. The van der Waals surface area contributed by atoms with Gasteiger partial charge in [-0.25, -0.2) is 0 Å². The average molecular weight is 789 g/mol. The highest BCUT2D eigenvalue weighted by Gasteiger charge is 2.47. The van der Waals surface area contributed by atoms with Gasteiger partial charge >= 0.3 is 12.1 Å². The van der Waals surface area contributed by atoms with Crippen LogP contribution in [0.25, 0.3) is 16.8 Å². The second kappa shape index (κ2) is 16.8. The molecular formula is C40H39F3N6O6S. The summed E-state index contributed by atoms with van der Waals surface area (Å²) in [6, 6.07) is 28.3. The molecular weight excluding hydrogens is 750 g/mol. The molecule has 0 spiro atoms. The number of halogens is 3. The van der Waals surface area contributed by atoms with Gasteiger partial charge < -0.3 is 29.9 Å². The summed E-state index contributed by atoms with van der Waals surface area (Å²) in [5.41, 5.74) is 5.71. The fraction of sp³-hybridized carbons (Fsp3) is 0.325. The van der Waals surface area contributed by atoms with Crippen molar-refractivity contribution in [1.29, 1.82) is 0 Å². The van der Waals surface area contributed by atoms with Gasteiger partial charge in [0.05, 0.1) is 24.5 Å². The molecule has 1 aromatic heterocycles. The van der Waals surface area contributed by atoms with E-state index in [-0.39, 0.29) is 50.0 Å². The number of hydrogen-bond donors (Lipinski definition) is 3. The Bertz CT molecular complexity index is 2130. The maximum absolute atomic E-state index is 13.1. The number of phenolic OH excluding ortho intramolecular Hbond substituents is 1. The number of tetrazole rings is 1. The van der Waals surface area contributed by atoms with Gasteiger partial charge in [-0.15, -0.1) is 5.10 Å². The Morgan fingerprint density at radius 2 is 1.66 bits per heavy atom.